The molecule has 0 radical (unpaired) electrons. The van der Waals surface area contributed by atoms with Crippen LogP contribution in [0.5, 0.6) is 5.75 Å². The van der Waals surface area contributed by atoms with Crippen LogP contribution in [0.25, 0.3) is 11.0 Å². The van der Waals surface area contributed by atoms with Gasteiger partial charge in [0.1, 0.15) is 30.8 Å². The molecule has 0 saturated heterocycles. The number of para-hydroxylation sites is 2. The summed E-state index contributed by atoms with van der Waals surface area (Å²) in [7, 11) is 2.01. The van der Waals surface area contributed by atoms with E-state index in [-0.39, 0.29) is 12.4 Å². The maximum atomic E-state index is 12.9. The molecule has 23 heavy (non-hydrogen) atoms. The number of aliphatic hydroxyl groups excluding tert-OH is 1. The standard InChI is InChI=1S/C18H20FN2O2/c1-13-20(2)17-5-3-4-6-18(17)21(13)11-15(22)12-23-16-9-7-14(19)8-10-16/h3-10,15,22H,11-12H2,1-2H3/q+1/t15-/m0/s1. The van der Waals surface area contributed by atoms with Crippen molar-refractivity contribution < 1.29 is 18.8 Å². The van der Waals surface area contributed by atoms with E-state index in [1.54, 1.807) is 12.1 Å². The van der Waals surface area contributed by atoms with Gasteiger partial charge in [-0.2, -0.15) is 0 Å². The Labute approximate surface area is 134 Å². The molecule has 2 aromatic carbocycles. The first-order valence-electron chi connectivity index (χ1n) is 7.56. The van der Waals surface area contributed by atoms with E-state index in [9.17, 15) is 9.50 Å². The van der Waals surface area contributed by atoms with Crippen LogP contribution in [0, 0.1) is 12.7 Å². The third-order valence-electron chi connectivity index (χ3n) is 4.06. The number of benzene rings is 2. The Bertz CT molecular complexity index is 812. The van der Waals surface area contributed by atoms with Crippen molar-refractivity contribution in [3.05, 3.63) is 60.2 Å². The molecule has 0 unspecified atom stereocenters. The summed E-state index contributed by atoms with van der Waals surface area (Å²) in [6.07, 6.45) is -0.658. The van der Waals surface area contributed by atoms with Gasteiger partial charge in [-0.15, -0.1) is 0 Å². The smallest absolute Gasteiger partial charge is 0.254 e. The van der Waals surface area contributed by atoms with Crippen molar-refractivity contribution in [3.8, 4) is 5.75 Å². The number of halogens is 1. The average molecular weight is 315 g/mol. The largest absolute Gasteiger partial charge is 0.491 e. The lowest BCUT2D eigenvalue weighted by atomic mass is 10.3. The zero-order valence-corrected chi connectivity index (χ0v) is 13.2. The van der Waals surface area contributed by atoms with E-state index < -0.39 is 6.10 Å². The van der Waals surface area contributed by atoms with Crippen LogP contribution in [-0.2, 0) is 13.6 Å². The number of rotatable bonds is 5. The number of aliphatic hydroxyl groups is 1. The second kappa shape index (κ2) is 6.38. The highest BCUT2D eigenvalue weighted by atomic mass is 19.1. The van der Waals surface area contributed by atoms with Gasteiger partial charge in [0.25, 0.3) is 5.82 Å². The van der Waals surface area contributed by atoms with Gasteiger partial charge in [-0.25, -0.2) is 13.5 Å². The lowest BCUT2D eigenvalue weighted by Gasteiger charge is -2.11. The second-order valence-electron chi connectivity index (χ2n) is 5.62. The van der Waals surface area contributed by atoms with Crippen molar-refractivity contribution in [2.75, 3.05) is 6.61 Å². The topological polar surface area (TPSA) is 38.3 Å². The van der Waals surface area contributed by atoms with Crippen LogP contribution in [0.2, 0.25) is 0 Å². The molecule has 0 fully saturated rings. The molecule has 3 rings (SSSR count). The Balaban J connectivity index is 1.72. The molecule has 1 heterocycles. The second-order valence-corrected chi connectivity index (χ2v) is 5.62. The number of aryl methyl sites for hydroxylation is 1. The molecule has 0 spiro atoms. The minimum absolute atomic E-state index is 0.154. The van der Waals surface area contributed by atoms with Crippen LogP contribution in [0.1, 0.15) is 5.82 Å². The maximum Gasteiger partial charge on any atom is 0.254 e. The Hall–Kier alpha value is -2.40. The SMILES string of the molecule is Cc1n(C[C@H](O)COc2ccc(F)cc2)c2ccccc2[n+]1C. The lowest BCUT2D eigenvalue weighted by molar-refractivity contribution is -0.652. The number of imidazole rings is 1. The number of nitrogens with zero attached hydrogens (tertiary/aromatic N) is 2. The van der Waals surface area contributed by atoms with E-state index in [0.717, 1.165) is 16.9 Å². The molecular formula is C18H20FN2O2+. The van der Waals surface area contributed by atoms with Crippen LogP contribution in [0.15, 0.2) is 48.5 Å². The highest BCUT2D eigenvalue weighted by molar-refractivity contribution is 5.72. The van der Waals surface area contributed by atoms with Crippen LogP contribution in [-0.4, -0.2) is 22.4 Å². The van der Waals surface area contributed by atoms with E-state index in [1.807, 2.05) is 32.2 Å². The first-order valence-corrected chi connectivity index (χ1v) is 7.56. The van der Waals surface area contributed by atoms with Gasteiger partial charge in [0.2, 0.25) is 0 Å². The monoisotopic (exact) mass is 315 g/mol. The van der Waals surface area contributed by atoms with Crippen LogP contribution in [0.3, 0.4) is 0 Å². The van der Waals surface area contributed by atoms with Crippen molar-refractivity contribution in [2.24, 2.45) is 7.05 Å². The third-order valence-corrected chi connectivity index (χ3v) is 4.06. The Morgan fingerprint density at radius 1 is 1.17 bits per heavy atom. The number of fused-ring (bicyclic) bond motifs is 1. The molecule has 4 nitrogen and oxygen atoms in total. The molecule has 0 bridgehead atoms. The molecule has 0 saturated carbocycles. The fourth-order valence-electron chi connectivity index (χ4n) is 2.72. The summed E-state index contributed by atoms with van der Waals surface area (Å²) in [4.78, 5) is 0. The summed E-state index contributed by atoms with van der Waals surface area (Å²) in [5, 5.41) is 10.3. The zero-order valence-electron chi connectivity index (χ0n) is 13.2. The predicted octanol–water partition coefficient (Wildman–Crippen LogP) is 2.35. The Kier molecular flexibility index (Phi) is 4.30. The van der Waals surface area contributed by atoms with E-state index in [2.05, 4.69) is 15.2 Å². The molecule has 0 aliphatic carbocycles. The van der Waals surface area contributed by atoms with Gasteiger partial charge in [-0.3, -0.25) is 0 Å². The fourth-order valence-corrected chi connectivity index (χ4v) is 2.72. The predicted molar refractivity (Wildman–Crippen MR) is 85.8 cm³/mol. The van der Waals surface area contributed by atoms with E-state index in [1.165, 1.54) is 12.1 Å². The van der Waals surface area contributed by atoms with Gasteiger partial charge < -0.3 is 9.84 Å². The number of ether oxygens (including phenoxy) is 1. The van der Waals surface area contributed by atoms with Crippen molar-refractivity contribution in [1.82, 2.24) is 4.57 Å². The highest BCUT2D eigenvalue weighted by Gasteiger charge is 2.21. The van der Waals surface area contributed by atoms with Gasteiger partial charge in [-0.1, -0.05) is 12.1 Å². The molecule has 1 aromatic heterocycles. The summed E-state index contributed by atoms with van der Waals surface area (Å²) in [5.41, 5.74) is 2.20. The first kappa shape index (κ1) is 15.5. The molecular weight excluding hydrogens is 295 g/mol. The van der Waals surface area contributed by atoms with Crippen molar-refractivity contribution in [3.63, 3.8) is 0 Å². The van der Waals surface area contributed by atoms with E-state index in [0.29, 0.717) is 12.3 Å². The van der Waals surface area contributed by atoms with Crippen molar-refractivity contribution in [1.29, 1.82) is 0 Å². The summed E-state index contributed by atoms with van der Waals surface area (Å²) < 4.78 is 22.6. The quantitative estimate of drug-likeness (QED) is 0.734. The summed E-state index contributed by atoms with van der Waals surface area (Å²) in [5.74, 6) is 1.30. The van der Waals surface area contributed by atoms with Gasteiger partial charge in [0.15, 0.2) is 11.0 Å². The number of hydrogen-bond donors (Lipinski definition) is 1. The molecule has 0 amide bonds. The molecule has 3 aromatic rings. The van der Waals surface area contributed by atoms with E-state index >= 15 is 0 Å². The highest BCUT2D eigenvalue weighted by Crippen LogP contribution is 2.15. The van der Waals surface area contributed by atoms with Gasteiger partial charge in [-0.05, 0) is 36.4 Å². The summed E-state index contributed by atoms with van der Waals surface area (Å²) >= 11 is 0. The van der Waals surface area contributed by atoms with Crippen LogP contribution < -0.4 is 9.30 Å². The number of aromatic nitrogens is 2. The van der Waals surface area contributed by atoms with Crippen LogP contribution in [0.4, 0.5) is 4.39 Å². The maximum absolute atomic E-state index is 12.9. The minimum Gasteiger partial charge on any atom is -0.491 e. The Morgan fingerprint density at radius 2 is 1.87 bits per heavy atom. The van der Waals surface area contributed by atoms with E-state index in [4.69, 9.17) is 4.74 Å². The fraction of sp³-hybridized carbons (Fsp3) is 0.278. The van der Waals surface area contributed by atoms with Gasteiger partial charge in [0, 0.05) is 6.92 Å². The molecule has 0 aliphatic heterocycles. The van der Waals surface area contributed by atoms with Gasteiger partial charge >= 0.3 is 0 Å². The first-order chi connectivity index (χ1) is 11.1. The molecule has 5 heteroatoms. The summed E-state index contributed by atoms with van der Waals surface area (Å²) in [6.45, 7) is 2.61. The van der Waals surface area contributed by atoms with Crippen molar-refractivity contribution >= 4 is 11.0 Å². The third kappa shape index (κ3) is 3.19. The molecule has 120 valence electrons. The molecule has 1 atom stereocenters. The minimum atomic E-state index is -0.658. The summed E-state index contributed by atoms with van der Waals surface area (Å²) in [6, 6.07) is 13.9. The average Bonchev–Trinajstić information content (AvgIpc) is 2.80. The molecule has 1 N–H and O–H groups in total. The normalized spacial score (nSPS) is 12.5. The Morgan fingerprint density at radius 3 is 2.61 bits per heavy atom. The van der Waals surface area contributed by atoms with Gasteiger partial charge in [0.05, 0.1) is 7.05 Å². The number of hydrogen-bond acceptors (Lipinski definition) is 2. The lowest BCUT2D eigenvalue weighted by Crippen LogP contribution is -2.32. The molecule has 0 aliphatic rings. The van der Waals surface area contributed by atoms with Crippen LogP contribution >= 0.6 is 0 Å². The van der Waals surface area contributed by atoms with Crippen molar-refractivity contribution in [2.45, 2.75) is 19.6 Å². The zero-order chi connectivity index (χ0) is 16.4.